The largest absolute Gasteiger partial charge is 0.492 e. The molecule has 23 heavy (non-hydrogen) atoms. The molecular formula is C18H20FNO3. The quantitative estimate of drug-likeness (QED) is 0.759. The summed E-state index contributed by atoms with van der Waals surface area (Å²) in [7, 11) is 0. The van der Waals surface area contributed by atoms with Gasteiger partial charge in [0, 0.05) is 6.07 Å². The second-order valence-electron chi connectivity index (χ2n) is 4.91. The van der Waals surface area contributed by atoms with Crippen LogP contribution in [0.15, 0.2) is 48.5 Å². The van der Waals surface area contributed by atoms with E-state index in [0.717, 1.165) is 12.0 Å². The molecule has 0 saturated heterocycles. The fourth-order valence-electron chi connectivity index (χ4n) is 2.06. The van der Waals surface area contributed by atoms with E-state index in [1.807, 2.05) is 30.3 Å². The van der Waals surface area contributed by atoms with E-state index in [4.69, 9.17) is 9.47 Å². The van der Waals surface area contributed by atoms with Crippen LogP contribution in [0.4, 0.5) is 10.1 Å². The molecule has 0 heterocycles. The van der Waals surface area contributed by atoms with Gasteiger partial charge in [0.05, 0.1) is 18.9 Å². The van der Waals surface area contributed by atoms with Gasteiger partial charge in [0.25, 0.3) is 0 Å². The highest BCUT2D eigenvalue weighted by Crippen LogP contribution is 2.25. The first kappa shape index (κ1) is 17.0. The van der Waals surface area contributed by atoms with Gasteiger partial charge in [0.2, 0.25) is 5.91 Å². The van der Waals surface area contributed by atoms with Gasteiger partial charge in [-0.15, -0.1) is 0 Å². The lowest BCUT2D eigenvalue weighted by Gasteiger charge is -2.11. The zero-order valence-corrected chi connectivity index (χ0v) is 13.0. The molecule has 1 N–H and O–H groups in total. The van der Waals surface area contributed by atoms with E-state index in [1.165, 1.54) is 18.2 Å². The van der Waals surface area contributed by atoms with E-state index in [9.17, 15) is 9.18 Å². The standard InChI is InChI=1S/C18H20FNO3/c1-2-23-17-12-15(19)8-9-16(17)20-18(21)13-22-11-10-14-6-4-3-5-7-14/h3-9,12H,2,10-11,13H2,1H3,(H,20,21). The topological polar surface area (TPSA) is 47.6 Å². The Morgan fingerprint density at radius 3 is 2.70 bits per heavy atom. The Kier molecular flexibility index (Phi) is 6.56. The third-order valence-electron chi connectivity index (χ3n) is 3.13. The van der Waals surface area contributed by atoms with Crippen LogP contribution in [-0.4, -0.2) is 25.7 Å². The van der Waals surface area contributed by atoms with Gasteiger partial charge in [0.1, 0.15) is 18.2 Å². The van der Waals surface area contributed by atoms with Crippen LogP contribution in [-0.2, 0) is 16.0 Å². The minimum atomic E-state index is -0.412. The lowest BCUT2D eigenvalue weighted by atomic mass is 10.2. The maximum absolute atomic E-state index is 13.2. The third-order valence-corrected chi connectivity index (χ3v) is 3.13. The Hall–Kier alpha value is -2.40. The average Bonchev–Trinajstić information content (AvgIpc) is 2.55. The van der Waals surface area contributed by atoms with Crippen molar-refractivity contribution in [2.24, 2.45) is 0 Å². The van der Waals surface area contributed by atoms with Crippen molar-refractivity contribution in [1.29, 1.82) is 0 Å². The summed E-state index contributed by atoms with van der Waals surface area (Å²) in [6.45, 7) is 2.58. The van der Waals surface area contributed by atoms with Crippen molar-refractivity contribution in [3.05, 3.63) is 59.9 Å². The van der Waals surface area contributed by atoms with Crippen LogP contribution < -0.4 is 10.1 Å². The zero-order valence-electron chi connectivity index (χ0n) is 13.0. The van der Waals surface area contributed by atoms with Crippen molar-refractivity contribution in [2.45, 2.75) is 13.3 Å². The number of hydrogen-bond donors (Lipinski definition) is 1. The maximum atomic E-state index is 13.2. The second kappa shape index (κ2) is 8.90. The maximum Gasteiger partial charge on any atom is 0.250 e. The molecule has 0 unspecified atom stereocenters. The summed E-state index contributed by atoms with van der Waals surface area (Å²) in [5, 5.41) is 2.67. The van der Waals surface area contributed by atoms with Crippen LogP contribution in [0.5, 0.6) is 5.75 Å². The number of rotatable bonds is 8. The van der Waals surface area contributed by atoms with Gasteiger partial charge in [-0.05, 0) is 31.0 Å². The number of halogens is 1. The number of nitrogens with one attached hydrogen (secondary N) is 1. The SMILES string of the molecule is CCOc1cc(F)ccc1NC(=O)COCCc1ccccc1. The van der Waals surface area contributed by atoms with Gasteiger partial charge in [-0.25, -0.2) is 4.39 Å². The van der Waals surface area contributed by atoms with Crippen molar-refractivity contribution < 1.29 is 18.7 Å². The van der Waals surface area contributed by atoms with E-state index in [0.29, 0.717) is 24.7 Å². The minimum Gasteiger partial charge on any atom is -0.492 e. The van der Waals surface area contributed by atoms with E-state index in [1.54, 1.807) is 6.92 Å². The summed E-state index contributed by atoms with van der Waals surface area (Å²) in [6.07, 6.45) is 0.745. The molecule has 0 saturated carbocycles. The molecule has 2 rings (SSSR count). The first-order chi connectivity index (χ1) is 11.2. The van der Waals surface area contributed by atoms with Gasteiger partial charge in [-0.2, -0.15) is 0 Å². The van der Waals surface area contributed by atoms with Crippen LogP contribution in [0, 0.1) is 5.82 Å². The average molecular weight is 317 g/mol. The summed E-state index contributed by atoms with van der Waals surface area (Å²) < 4.78 is 23.9. The van der Waals surface area contributed by atoms with Gasteiger partial charge in [0.15, 0.2) is 0 Å². The Morgan fingerprint density at radius 2 is 1.96 bits per heavy atom. The van der Waals surface area contributed by atoms with Crippen LogP contribution >= 0.6 is 0 Å². The Morgan fingerprint density at radius 1 is 1.17 bits per heavy atom. The van der Waals surface area contributed by atoms with Crippen LogP contribution in [0.25, 0.3) is 0 Å². The molecular weight excluding hydrogens is 297 g/mol. The number of amides is 1. The highest BCUT2D eigenvalue weighted by molar-refractivity contribution is 5.93. The molecule has 1 amide bonds. The number of hydrogen-bond acceptors (Lipinski definition) is 3. The molecule has 0 spiro atoms. The van der Waals surface area contributed by atoms with Crippen molar-refractivity contribution in [3.8, 4) is 5.75 Å². The fraction of sp³-hybridized carbons (Fsp3) is 0.278. The zero-order chi connectivity index (χ0) is 16.5. The smallest absolute Gasteiger partial charge is 0.250 e. The second-order valence-corrected chi connectivity index (χ2v) is 4.91. The summed E-state index contributed by atoms with van der Waals surface area (Å²) in [6, 6.07) is 13.9. The van der Waals surface area contributed by atoms with E-state index in [2.05, 4.69) is 5.32 Å². The first-order valence-electron chi connectivity index (χ1n) is 7.53. The number of ether oxygens (including phenoxy) is 2. The van der Waals surface area contributed by atoms with Crippen LogP contribution in [0.2, 0.25) is 0 Å². The molecule has 2 aromatic carbocycles. The third kappa shape index (κ3) is 5.71. The molecule has 4 nitrogen and oxygen atoms in total. The normalized spacial score (nSPS) is 10.3. The van der Waals surface area contributed by atoms with E-state index < -0.39 is 5.82 Å². The van der Waals surface area contributed by atoms with Gasteiger partial charge in [-0.1, -0.05) is 30.3 Å². The number of carbonyl (C=O) groups excluding carboxylic acids is 1. The molecule has 0 aromatic heterocycles. The molecule has 0 atom stereocenters. The van der Waals surface area contributed by atoms with E-state index in [-0.39, 0.29) is 12.5 Å². The molecule has 0 fully saturated rings. The monoisotopic (exact) mass is 317 g/mol. The minimum absolute atomic E-state index is 0.0597. The summed E-state index contributed by atoms with van der Waals surface area (Å²) in [4.78, 5) is 11.9. The predicted octanol–water partition coefficient (Wildman–Crippen LogP) is 3.42. The highest BCUT2D eigenvalue weighted by atomic mass is 19.1. The summed E-state index contributed by atoms with van der Waals surface area (Å²) in [5.74, 6) is -0.402. The van der Waals surface area contributed by atoms with Crippen LogP contribution in [0.3, 0.4) is 0 Å². The molecule has 0 bridgehead atoms. The lowest BCUT2D eigenvalue weighted by molar-refractivity contribution is -0.120. The molecule has 0 radical (unpaired) electrons. The molecule has 0 aliphatic rings. The molecule has 0 aliphatic heterocycles. The fourth-order valence-corrected chi connectivity index (χ4v) is 2.06. The van der Waals surface area contributed by atoms with E-state index >= 15 is 0 Å². The van der Waals surface area contributed by atoms with Crippen molar-refractivity contribution in [2.75, 3.05) is 25.1 Å². The number of anilines is 1. The van der Waals surface area contributed by atoms with Crippen molar-refractivity contribution in [3.63, 3.8) is 0 Å². The summed E-state index contributed by atoms with van der Waals surface area (Å²) >= 11 is 0. The Bertz CT molecular complexity index is 631. The highest BCUT2D eigenvalue weighted by Gasteiger charge is 2.09. The first-order valence-corrected chi connectivity index (χ1v) is 7.53. The molecule has 5 heteroatoms. The number of carbonyl (C=O) groups is 1. The predicted molar refractivity (Wildman–Crippen MR) is 87.2 cm³/mol. The number of benzene rings is 2. The molecule has 122 valence electrons. The van der Waals surface area contributed by atoms with Gasteiger partial charge >= 0.3 is 0 Å². The molecule has 0 aliphatic carbocycles. The lowest BCUT2D eigenvalue weighted by Crippen LogP contribution is -2.19. The van der Waals surface area contributed by atoms with Crippen LogP contribution in [0.1, 0.15) is 12.5 Å². The summed E-state index contributed by atoms with van der Waals surface area (Å²) in [5.41, 5.74) is 1.59. The van der Waals surface area contributed by atoms with Crippen molar-refractivity contribution >= 4 is 11.6 Å². The van der Waals surface area contributed by atoms with Gasteiger partial charge < -0.3 is 14.8 Å². The van der Waals surface area contributed by atoms with Crippen molar-refractivity contribution in [1.82, 2.24) is 0 Å². The Balaban J connectivity index is 1.78. The van der Waals surface area contributed by atoms with Gasteiger partial charge in [-0.3, -0.25) is 4.79 Å². The molecule has 2 aromatic rings. The Labute approximate surface area is 135 Å².